The minimum Gasteiger partial charge on any atom is -0.493 e. The first kappa shape index (κ1) is 19.3. The summed E-state index contributed by atoms with van der Waals surface area (Å²) in [6.07, 6.45) is 0.294. The number of nitrogens with zero attached hydrogens (tertiary/aromatic N) is 3. The molecule has 29 heavy (non-hydrogen) atoms. The molecule has 1 fully saturated rings. The maximum Gasteiger partial charge on any atom is 0.232 e. The number of carbonyl (C=O) groups is 1. The summed E-state index contributed by atoms with van der Waals surface area (Å²) in [7, 11) is 3.13. The number of benzene rings is 2. The third-order valence-corrected chi connectivity index (χ3v) is 5.43. The van der Waals surface area contributed by atoms with E-state index in [2.05, 4.69) is 10.1 Å². The Kier molecular flexibility index (Phi) is 5.15. The van der Waals surface area contributed by atoms with Gasteiger partial charge >= 0.3 is 0 Å². The first-order valence-electron chi connectivity index (χ1n) is 9.13. The highest BCUT2D eigenvalue weighted by Gasteiger charge is 2.35. The van der Waals surface area contributed by atoms with Gasteiger partial charge in [-0.2, -0.15) is 4.98 Å². The van der Waals surface area contributed by atoms with Gasteiger partial charge in [-0.05, 0) is 36.8 Å². The van der Waals surface area contributed by atoms with Gasteiger partial charge < -0.3 is 18.9 Å². The predicted octanol–water partition coefficient (Wildman–Crippen LogP) is 4.24. The molecule has 1 saturated heterocycles. The van der Waals surface area contributed by atoms with Crippen LogP contribution < -0.4 is 14.4 Å². The van der Waals surface area contributed by atoms with Crippen LogP contribution in [-0.2, 0) is 4.79 Å². The number of hydrogen-bond acceptors (Lipinski definition) is 6. The van der Waals surface area contributed by atoms with Crippen molar-refractivity contribution in [3.63, 3.8) is 0 Å². The number of aromatic nitrogens is 2. The molecule has 4 rings (SSSR count). The number of rotatable bonds is 5. The van der Waals surface area contributed by atoms with Gasteiger partial charge in [0.15, 0.2) is 11.5 Å². The lowest BCUT2D eigenvalue weighted by Crippen LogP contribution is -2.24. The molecule has 0 bridgehead atoms. The van der Waals surface area contributed by atoms with Crippen LogP contribution >= 0.6 is 11.6 Å². The molecule has 0 aliphatic carbocycles. The fraction of sp³-hybridized carbons (Fsp3) is 0.286. The van der Waals surface area contributed by atoms with Crippen molar-refractivity contribution in [3.05, 3.63) is 52.9 Å². The number of carbonyl (C=O) groups excluding carboxylic acids is 1. The SMILES string of the molecule is COc1cccc(-c2noc([C@H]3CC(=O)N(c4ccc(C)c(Cl)c4)C3)n2)c1OC. The van der Waals surface area contributed by atoms with Gasteiger partial charge in [-0.3, -0.25) is 4.79 Å². The average Bonchev–Trinajstić information content (AvgIpc) is 3.36. The summed E-state index contributed by atoms with van der Waals surface area (Å²) < 4.78 is 16.3. The second kappa shape index (κ2) is 7.75. The second-order valence-electron chi connectivity index (χ2n) is 6.84. The Morgan fingerprint density at radius 3 is 2.76 bits per heavy atom. The molecule has 1 atom stereocenters. The Hall–Kier alpha value is -3.06. The van der Waals surface area contributed by atoms with Gasteiger partial charge in [-0.15, -0.1) is 0 Å². The second-order valence-corrected chi connectivity index (χ2v) is 7.24. The van der Waals surface area contributed by atoms with Crippen molar-refractivity contribution in [2.45, 2.75) is 19.3 Å². The normalized spacial score (nSPS) is 16.3. The minimum absolute atomic E-state index is 0.00590. The molecule has 8 heteroatoms. The number of aryl methyl sites for hydroxylation is 1. The third-order valence-electron chi connectivity index (χ3n) is 5.03. The number of anilines is 1. The van der Waals surface area contributed by atoms with Gasteiger partial charge in [-0.1, -0.05) is 28.9 Å². The fourth-order valence-corrected chi connectivity index (χ4v) is 3.62. The van der Waals surface area contributed by atoms with E-state index in [0.717, 1.165) is 11.3 Å². The number of para-hydroxylation sites is 1. The molecule has 7 nitrogen and oxygen atoms in total. The van der Waals surface area contributed by atoms with Crippen LogP contribution in [0.2, 0.25) is 5.02 Å². The van der Waals surface area contributed by atoms with Crippen molar-refractivity contribution >= 4 is 23.2 Å². The molecule has 0 N–H and O–H groups in total. The highest BCUT2D eigenvalue weighted by atomic mass is 35.5. The summed E-state index contributed by atoms with van der Waals surface area (Å²) in [5, 5.41) is 4.72. The van der Waals surface area contributed by atoms with Crippen molar-refractivity contribution in [1.82, 2.24) is 10.1 Å². The monoisotopic (exact) mass is 413 g/mol. The molecule has 150 valence electrons. The third kappa shape index (κ3) is 3.53. The summed E-state index contributed by atoms with van der Waals surface area (Å²) in [6, 6.07) is 11.0. The Bertz CT molecular complexity index is 1070. The van der Waals surface area contributed by atoms with E-state index in [0.29, 0.717) is 46.8 Å². The molecule has 1 aliphatic heterocycles. The van der Waals surface area contributed by atoms with Crippen LogP contribution in [0.5, 0.6) is 11.5 Å². The Labute approximate surface area is 173 Å². The maximum absolute atomic E-state index is 12.6. The van der Waals surface area contributed by atoms with Crippen LogP contribution in [0, 0.1) is 6.92 Å². The molecule has 0 spiro atoms. The maximum atomic E-state index is 12.6. The molecule has 0 unspecified atom stereocenters. The first-order valence-corrected chi connectivity index (χ1v) is 9.51. The van der Waals surface area contributed by atoms with Crippen molar-refractivity contribution in [2.75, 3.05) is 25.7 Å². The largest absolute Gasteiger partial charge is 0.493 e. The van der Waals surface area contributed by atoms with Crippen molar-refractivity contribution in [2.24, 2.45) is 0 Å². The molecular weight excluding hydrogens is 394 g/mol. The zero-order chi connectivity index (χ0) is 20.5. The lowest BCUT2D eigenvalue weighted by atomic mass is 10.1. The van der Waals surface area contributed by atoms with Crippen molar-refractivity contribution in [3.8, 4) is 22.9 Å². The van der Waals surface area contributed by atoms with E-state index >= 15 is 0 Å². The lowest BCUT2D eigenvalue weighted by molar-refractivity contribution is -0.117. The van der Waals surface area contributed by atoms with Gasteiger partial charge in [0, 0.05) is 23.7 Å². The van der Waals surface area contributed by atoms with Crippen LogP contribution in [-0.4, -0.2) is 36.8 Å². The van der Waals surface area contributed by atoms with Crippen LogP contribution in [0.15, 0.2) is 40.9 Å². The zero-order valence-electron chi connectivity index (χ0n) is 16.3. The molecule has 1 aliphatic rings. The average molecular weight is 414 g/mol. The number of hydrogen-bond donors (Lipinski definition) is 0. The van der Waals surface area contributed by atoms with Crippen LogP contribution in [0.1, 0.15) is 23.8 Å². The first-order chi connectivity index (χ1) is 14.0. The van der Waals surface area contributed by atoms with E-state index in [1.54, 1.807) is 31.3 Å². The summed E-state index contributed by atoms with van der Waals surface area (Å²) in [4.78, 5) is 18.8. The van der Waals surface area contributed by atoms with Crippen LogP contribution in [0.25, 0.3) is 11.4 Å². The molecule has 1 aromatic heterocycles. The Morgan fingerprint density at radius 1 is 1.21 bits per heavy atom. The van der Waals surface area contributed by atoms with E-state index in [4.69, 9.17) is 25.6 Å². The highest BCUT2D eigenvalue weighted by Crippen LogP contribution is 2.38. The fourth-order valence-electron chi connectivity index (χ4n) is 3.45. The van der Waals surface area contributed by atoms with Crippen molar-refractivity contribution in [1.29, 1.82) is 0 Å². The summed E-state index contributed by atoms with van der Waals surface area (Å²) in [5.74, 6) is 1.71. The van der Waals surface area contributed by atoms with Crippen LogP contribution in [0.4, 0.5) is 5.69 Å². The number of ether oxygens (including phenoxy) is 2. The summed E-state index contributed by atoms with van der Waals surface area (Å²) >= 11 is 6.22. The molecule has 0 saturated carbocycles. The van der Waals surface area contributed by atoms with Gasteiger partial charge in [0.25, 0.3) is 0 Å². The van der Waals surface area contributed by atoms with E-state index in [1.165, 1.54) is 0 Å². The standard InChI is InChI=1S/C21H20ClN3O4/c1-12-7-8-14(10-16(12)22)25-11-13(9-18(25)26)21-23-20(24-29-21)15-5-4-6-17(27-2)19(15)28-3/h4-8,10,13H,9,11H2,1-3H3/t13-/m0/s1. The van der Waals surface area contributed by atoms with Gasteiger partial charge in [0.1, 0.15) is 0 Å². The van der Waals surface area contributed by atoms with Gasteiger partial charge in [0.2, 0.25) is 17.6 Å². The molecule has 3 aromatic rings. The Balaban J connectivity index is 1.59. The molecule has 0 radical (unpaired) electrons. The molecular formula is C21H20ClN3O4. The van der Waals surface area contributed by atoms with E-state index < -0.39 is 0 Å². The van der Waals surface area contributed by atoms with E-state index in [9.17, 15) is 4.79 Å². The predicted molar refractivity (Wildman–Crippen MR) is 109 cm³/mol. The van der Waals surface area contributed by atoms with Gasteiger partial charge in [0.05, 0.1) is 25.7 Å². The number of methoxy groups -OCH3 is 2. The minimum atomic E-state index is -0.194. The smallest absolute Gasteiger partial charge is 0.232 e. The van der Waals surface area contributed by atoms with E-state index in [1.807, 2.05) is 31.2 Å². The molecule has 2 heterocycles. The molecule has 2 aromatic carbocycles. The van der Waals surface area contributed by atoms with Crippen LogP contribution in [0.3, 0.4) is 0 Å². The lowest BCUT2D eigenvalue weighted by Gasteiger charge is -2.17. The topological polar surface area (TPSA) is 77.7 Å². The zero-order valence-corrected chi connectivity index (χ0v) is 17.1. The van der Waals surface area contributed by atoms with Gasteiger partial charge in [-0.25, -0.2) is 0 Å². The van der Waals surface area contributed by atoms with Crippen molar-refractivity contribution < 1.29 is 18.8 Å². The van der Waals surface area contributed by atoms with E-state index in [-0.39, 0.29) is 11.8 Å². The number of halogens is 1. The highest BCUT2D eigenvalue weighted by molar-refractivity contribution is 6.31. The molecule has 1 amide bonds. The quantitative estimate of drug-likeness (QED) is 0.622. The number of amides is 1. The Morgan fingerprint density at radius 2 is 2.03 bits per heavy atom. The summed E-state index contributed by atoms with van der Waals surface area (Å²) in [6.45, 7) is 2.38. The summed E-state index contributed by atoms with van der Waals surface area (Å²) in [5.41, 5.74) is 2.39.